The van der Waals surface area contributed by atoms with Crippen molar-refractivity contribution in [3.05, 3.63) is 29.8 Å². The van der Waals surface area contributed by atoms with Gasteiger partial charge < -0.3 is 14.7 Å². The Hall–Kier alpha value is -2.04. The van der Waals surface area contributed by atoms with Crippen LogP contribution >= 0.6 is 0 Å². The molecule has 1 aromatic rings. The van der Waals surface area contributed by atoms with Gasteiger partial charge in [0.2, 0.25) is 0 Å². The lowest BCUT2D eigenvalue weighted by atomic mass is 10.0. The standard InChI is InChI=1S/C16H21NO4/c1-12(13-5-7-14(18)8-6-13)16(20)21-11-15(19)17-9-3-2-4-10-17/h5-8,12,18H,2-4,9-11H2,1H3/t12-/m0/s1. The molecule has 0 aliphatic carbocycles. The smallest absolute Gasteiger partial charge is 0.313 e. The van der Waals surface area contributed by atoms with Crippen LogP contribution in [0.5, 0.6) is 5.75 Å². The van der Waals surface area contributed by atoms with E-state index in [0.717, 1.165) is 37.9 Å². The van der Waals surface area contributed by atoms with E-state index in [9.17, 15) is 14.7 Å². The molecule has 5 heteroatoms. The first-order valence-electron chi connectivity index (χ1n) is 7.31. The number of piperidine rings is 1. The highest BCUT2D eigenvalue weighted by atomic mass is 16.5. The number of esters is 1. The van der Waals surface area contributed by atoms with Crippen molar-refractivity contribution in [3.63, 3.8) is 0 Å². The number of phenolic OH excluding ortho intramolecular Hbond substituents is 1. The molecule has 1 atom stereocenters. The zero-order chi connectivity index (χ0) is 15.2. The number of rotatable bonds is 4. The maximum absolute atomic E-state index is 12.0. The van der Waals surface area contributed by atoms with Crippen LogP contribution in [0.1, 0.15) is 37.7 Å². The first kappa shape index (κ1) is 15.4. The van der Waals surface area contributed by atoms with Gasteiger partial charge in [0.05, 0.1) is 5.92 Å². The van der Waals surface area contributed by atoms with E-state index in [4.69, 9.17) is 4.74 Å². The summed E-state index contributed by atoms with van der Waals surface area (Å²) in [5.74, 6) is -0.855. The number of carbonyl (C=O) groups is 2. The fourth-order valence-corrected chi connectivity index (χ4v) is 2.39. The van der Waals surface area contributed by atoms with E-state index in [1.165, 1.54) is 12.1 Å². The van der Waals surface area contributed by atoms with Gasteiger partial charge in [0.25, 0.3) is 5.91 Å². The topological polar surface area (TPSA) is 66.8 Å². The number of nitrogens with zero attached hydrogens (tertiary/aromatic N) is 1. The second-order valence-electron chi connectivity index (χ2n) is 5.36. The summed E-state index contributed by atoms with van der Waals surface area (Å²) in [4.78, 5) is 25.6. The number of hydrogen-bond acceptors (Lipinski definition) is 4. The molecule has 1 saturated heterocycles. The molecule has 1 aliphatic heterocycles. The van der Waals surface area contributed by atoms with Gasteiger partial charge in [-0.05, 0) is 43.9 Å². The number of amides is 1. The Bertz CT molecular complexity index is 492. The number of carbonyl (C=O) groups excluding carboxylic acids is 2. The van der Waals surface area contributed by atoms with Crippen LogP contribution in [0.15, 0.2) is 24.3 Å². The lowest BCUT2D eigenvalue weighted by Gasteiger charge is -2.26. The number of benzene rings is 1. The van der Waals surface area contributed by atoms with Gasteiger partial charge in [-0.1, -0.05) is 12.1 Å². The van der Waals surface area contributed by atoms with E-state index in [-0.39, 0.29) is 18.3 Å². The Morgan fingerprint density at radius 1 is 1.19 bits per heavy atom. The van der Waals surface area contributed by atoms with Crippen molar-refractivity contribution in [2.45, 2.75) is 32.1 Å². The molecule has 21 heavy (non-hydrogen) atoms. The molecule has 0 bridgehead atoms. The molecular weight excluding hydrogens is 270 g/mol. The quantitative estimate of drug-likeness (QED) is 0.862. The van der Waals surface area contributed by atoms with Crippen molar-refractivity contribution >= 4 is 11.9 Å². The predicted octanol–water partition coefficient (Wildman–Crippen LogP) is 2.05. The molecule has 5 nitrogen and oxygen atoms in total. The second-order valence-corrected chi connectivity index (χ2v) is 5.36. The molecule has 0 aromatic heterocycles. The van der Waals surface area contributed by atoms with E-state index < -0.39 is 11.9 Å². The molecule has 1 fully saturated rings. The molecule has 1 aromatic carbocycles. The molecule has 1 heterocycles. The summed E-state index contributed by atoms with van der Waals surface area (Å²) in [6.07, 6.45) is 3.19. The van der Waals surface area contributed by atoms with Gasteiger partial charge >= 0.3 is 5.97 Å². The molecule has 2 rings (SSSR count). The van der Waals surface area contributed by atoms with Crippen molar-refractivity contribution in [1.29, 1.82) is 0 Å². The summed E-state index contributed by atoms with van der Waals surface area (Å²) in [6, 6.07) is 6.40. The Kier molecular flexibility index (Phi) is 5.20. The monoisotopic (exact) mass is 291 g/mol. The van der Waals surface area contributed by atoms with Crippen LogP contribution in [-0.4, -0.2) is 41.6 Å². The summed E-state index contributed by atoms with van der Waals surface area (Å²) in [5.41, 5.74) is 0.753. The highest BCUT2D eigenvalue weighted by molar-refractivity contribution is 5.83. The minimum Gasteiger partial charge on any atom is -0.508 e. The first-order chi connectivity index (χ1) is 10.1. The van der Waals surface area contributed by atoms with Gasteiger partial charge in [-0.2, -0.15) is 0 Å². The normalized spacial score (nSPS) is 16.3. The van der Waals surface area contributed by atoms with Crippen LogP contribution in [-0.2, 0) is 14.3 Å². The molecule has 1 amide bonds. The summed E-state index contributed by atoms with van der Waals surface area (Å²) >= 11 is 0. The van der Waals surface area contributed by atoms with Crippen LogP contribution in [0.2, 0.25) is 0 Å². The van der Waals surface area contributed by atoms with Gasteiger partial charge in [0.15, 0.2) is 6.61 Å². The number of hydrogen-bond donors (Lipinski definition) is 1. The first-order valence-corrected chi connectivity index (χ1v) is 7.31. The second kappa shape index (κ2) is 7.11. The maximum Gasteiger partial charge on any atom is 0.313 e. The lowest BCUT2D eigenvalue weighted by molar-refractivity contribution is -0.153. The number of ether oxygens (including phenoxy) is 1. The molecule has 1 N–H and O–H groups in total. The summed E-state index contributed by atoms with van der Waals surface area (Å²) < 4.78 is 5.11. The summed E-state index contributed by atoms with van der Waals surface area (Å²) in [5, 5.41) is 9.23. The Morgan fingerprint density at radius 2 is 1.81 bits per heavy atom. The van der Waals surface area contributed by atoms with Crippen molar-refractivity contribution in [1.82, 2.24) is 4.90 Å². The average Bonchev–Trinajstić information content (AvgIpc) is 2.53. The zero-order valence-corrected chi connectivity index (χ0v) is 12.2. The molecule has 0 saturated carbocycles. The van der Waals surface area contributed by atoms with Crippen LogP contribution in [0.25, 0.3) is 0 Å². The summed E-state index contributed by atoms with van der Waals surface area (Å²) in [7, 11) is 0. The Labute approximate surface area is 124 Å². The van der Waals surface area contributed by atoms with Gasteiger partial charge in [-0.3, -0.25) is 9.59 Å². The minimum absolute atomic E-state index is 0.124. The molecule has 0 spiro atoms. The third-order valence-electron chi connectivity index (χ3n) is 3.79. The van der Waals surface area contributed by atoms with Crippen molar-refractivity contribution in [3.8, 4) is 5.75 Å². The van der Waals surface area contributed by atoms with Gasteiger partial charge in [0, 0.05) is 13.1 Å². The lowest BCUT2D eigenvalue weighted by Crippen LogP contribution is -2.38. The Morgan fingerprint density at radius 3 is 2.43 bits per heavy atom. The average molecular weight is 291 g/mol. The largest absolute Gasteiger partial charge is 0.508 e. The Balaban J connectivity index is 1.83. The summed E-state index contributed by atoms with van der Waals surface area (Å²) in [6.45, 7) is 3.04. The fraction of sp³-hybridized carbons (Fsp3) is 0.500. The predicted molar refractivity (Wildman–Crippen MR) is 77.9 cm³/mol. The third-order valence-corrected chi connectivity index (χ3v) is 3.79. The van der Waals surface area contributed by atoms with Crippen LogP contribution in [0.3, 0.4) is 0 Å². The molecule has 0 radical (unpaired) electrons. The van der Waals surface area contributed by atoms with Crippen LogP contribution in [0, 0.1) is 0 Å². The highest BCUT2D eigenvalue weighted by Crippen LogP contribution is 2.19. The van der Waals surface area contributed by atoms with E-state index in [1.807, 2.05) is 0 Å². The highest BCUT2D eigenvalue weighted by Gasteiger charge is 2.21. The van der Waals surface area contributed by atoms with Crippen molar-refractivity contribution in [2.75, 3.05) is 19.7 Å². The van der Waals surface area contributed by atoms with E-state index in [1.54, 1.807) is 24.0 Å². The van der Waals surface area contributed by atoms with Crippen molar-refractivity contribution in [2.24, 2.45) is 0 Å². The van der Waals surface area contributed by atoms with E-state index in [0.29, 0.717) is 0 Å². The molecule has 114 valence electrons. The molecule has 1 aliphatic rings. The van der Waals surface area contributed by atoms with Crippen molar-refractivity contribution < 1.29 is 19.4 Å². The fourth-order valence-electron chi connectivity index (χ4n) is 2.39. The van der Waals surface area contributed by atoms with Crippen LogP contribution in [0.4, 0.5) is 0 Å². The van der Waals surface area contributed by atoms with Gasteiger partial charge in [0.1, 0.15) is 5.75 Å². The van der Waals surface area contributed by atoms with E-state index >= 15 is 0 Å². The zero-order valence-electron chi connectivity index (χ0n) is 12.2. The van der Waals surface area contributed by atoms with Gasteiger partial charge in [-0.25, -0.2) is 0 Å². The number of aromatic hydroxyl groups is 1. The van der Waals surface area contributed by atoms with Crippen LogP contribution < -0.4 is 0 Å². The maximum atomic E-state index is 12.0. The van der Waals surface area contributed by atoms with Gasteiger partial charge in [-0.15, -0.1) is 0 Å². The minimum atomic E-state index is -0.459. The van der Waals surface area contributed by atoms with E-state index in [2.05, 4.69) is 0 Å². The third kappa shape index (κ3) is 4.21. The molecule has 0 unspecified atom stereocenters. The SMILES string of the molecule is C[C@H](C(=O)OCC(=O)N1CCCCC1)c1ccc(O)cc1. The number of phenols is 1. The molecular formula is C16H21NO4. The number of likely N-dealkylation sites (tertiary alicyclic amines) is 1.